The summed E-state index contributed by atoms with van der Waals surface area (Å²) in [7, 11) is 0. The molecule has 3 aliphatic rings. The van der Waals surface area contributed by atoms with E-state index in [1.165, 1.54) is 54.6 Å². The molecule has 144 valence electrons. The molecule has 2 aromatic carbocycles. The molecule has 0 saturated heterocycles. The summed E-state index contributed by atoms with van der Waals surface area (Å²) < 4.78 is 1.18. The second-order valence-corrected chi connectivity index (χ2v) is 11.9. The van der Waals surface area contributed by atoms with Gasteiger partial charge in [0.05, 0.1) is 0 Å². The van der Waals surface area contributed by atoms with Gasteiger partial charge in [-0.3, -0.25) is 0 Å². The fraction of sp³-hybridized carbons (Fsp3) is 0.385. The van der Waals surface area contributed by atoms with Gasteiger partial charge in [-0.2, -0.15) is 0 Å². The summed E-state index contributed by atoms with van der Waals surface area (Å²) in [6, 6.07) is 9.63. The van der Waals surface area contributed by atoms with Crippen molar-refractivity contribution in [3.05, 3.63) is 73.8 Å². The van der Waals surface area contributed by atoms with Gasteiger partial charge in [0, 0.05) is 20.1 Å². The second kappa shape index (κ2) is 5.73. The molecule has 0 aliphatic heterocycles. The third-order valence-electron chi connectivity index (χ3n) is 7.30. The zero-order chi connectivity index (χ0) is 20.2. The molecule has 28 heavy (non-hydrogen) atoms. The summed E-state index contributed by atoms with van der Waals surface area (Å²) in [5, 5.41) is 0. The summed E-state index contributed by atoms with van der Waals surface area (Å²) >= 11 is 7.58. The van der Waals surface area contributed by atoms with Crippen LogP contribution in [0.25, 0.3) is 16.7 Å². The van der Waals surface area contributed by atoms with Gasteiger partial charge in [-0.15, -0.1) is 0 Å². The van der Waals surface area contributed by atoms with Crippen molar-refractivity contribution >= 4 is 37.4 Å². The largest absolute Gasteiger partial charge is 0.0842 e. The van der Waals surface area contributed by atoms with Gasteiger partial charge in [-0.1, -0.05) is 71.2 Å². The van der Waals surface area contributed by atoms with Gasteiger partial charge in [0.1, 0.15) is 0 Å². The van der Waals surface area contributed by atoms with Crippen LogP contribution in [0.1, 0.15) is 68.9 Å². The minimum absolute atomic E-state index is 0.0198. The molecule has 0 bridgehead atoms. The number of alkyl halides is 1. The molecule has 2 heteroatoms. The van der Waals surface area contributed by atoms with Crippen LogP contribution in [-0.4, -0.2) is 4.83 Å². The lowest BCUT2D eigenvalue weighted by Gasteiger charge is -2.28. The molecule has 2 aromatic rings. The molecule has 0 N–H and O–H groups in total. The number of benzene rings is 2. The number of allylic oxidation sites excluding steroid dienone is 4. The van der Waals surface area contributed by atoms with E-state index in [1.54, 1.807) is 5.57 Å². The summed E-state index contributed by atoms with van der Waals surface area (Å²) in [4.78, 5) is 0.448. The first-order valence-corrected chi connectivity index (χ1v) is 11.8. The van der Waals surface area contributed by atoms with Crippen LogP contribution in [0, 0.1) is 6.92 Å². The summed E-state index contributed by atoms with van der Waals surface area (Å²) in [5.41, 5.74) is 14.7. The van der Waals surface area contributed by atoms with Gasteiger partial charge in [0.2, 0.25) is 0 Å². The van der Waals surface area contributed by atoms with Crippen molar-refractivity contribution in [3.8, 4) is 11.1 Å². The first kappa shape index (κ1) is 18.9. The van der Waals surface area contributed by atoms with Crippen LogP contribution in [0.15, 0.2) is 46.0 Å². The van der Waals surface area contributed by atoms with E-state index in [1.807, 2.05) is 0 Å². The SMILES string of the molecule is CC1=CC(Br)CC2=C1c1cc3c(cc1C2(C)C)-c1c(C)cc(Br)cc1C3(C)C. The Morgan fingerprint density at radius 3 is 2.21 bits per heavy atom. The number of fused-ring (bicyclic) bond motifs is 5. The van der Waals surface area contributed by atoms with Crippen LogP contribution >= 0.6 is 31.9 Å². The molecular formula is C26H26Br2. The Labute approximate surface area is 185 Å². The number of halogens is 2. The number of hydrogen-bond acceptors (Lipinski definition) is 0. The molecule has 0 saturated carbocycles. The van der Waals surface area contributed by atoms with Crippen molar-refractivity contribution < 1.29 is 0 Å². The second-order valence-electron chi connectivity index (χ2n) is 9.76. The molecule has 0 fully saturated rings. The van der Waals surface area contributed by atoms with Crippen LogP contribution in [0.3, 0.4) is 0 Å². The van der Waals surface area contributed by atoms with E-state index < -0.39 is 0 Å². The van der Waals surface area contributed by atoms with Crippen LogP contribution in [0.5, 0.6) is 0 Å². The standard InChI is InChI=1S/C26H26Br2/c1-13-7-15(27)9-21-23(13)17-11-20-18(12-19(17)25(21,3)4)24-14(2)8-16(28)10-22(24)26(20,5)6/h7-9,11-12,16H,10H2,1-6H3. The van der Waals surface area contributed by atoms with Gasteiger partial charge < -0.3 is 0 Å². The van der Waals surface area contributed by atoms with Gasteiger partial charge >= 0.3 is 0 Å². The van der Waals surface area contributed by atoms with Gasteiger partial charge in [0.25, 0.3) is 0 Å². The molecule has 1 atom stereocenters. The lowest BCUT2D eigenvalue weighted by atomic mass is 9.77. The molecule has 0 amide bonds. The fourth-order valence-electron chi connectivity index (χ4n) is 5.84. The summed E-state index contributed by atoms with van der Waals surface area (Å²) in [6.45, 7) is 14.1. The Morgan fingerprint density at radius 1 is 0.857 bits per heavy atom. The highest BCUT2D eigenvalue weighted by molar-refractivity contribution is 9.10. The molecule has 0 radical (unpaired) electrons. The smallest absolute Gasteiger partial charge is 0.0368 e. The van der Waals surface area contributed by atoms with E-state index in [2.05, 4.69) is 104 Å². The van der Waals surface area contributed by atoms with Crippen LogP contribution in [-0.2, 0) is 10.8 Å². The Morgan fingerprint density at radius 2 is 1.50 bits per heavy atom. The van der Waals surface area contributed by atoms with Gasteiger partial charge in [0.15, 0.2) is 0 Å². The Kier molecular flexibility index (Phi) is 3.86. The van der Waals surface area contributed by atoms with Crippen molar-refractivity contribution in [2.24, 2.45) is 0 Å². The van der Waals surface area contributed by atoms with E-state index >= 15 is 0 Å². The number of aryl methyl sites for hydroxylation is 1. The van der Waals surface area contributed by atoms with E-state index in [4.69, 9.17) is 0 Å². The zero-order valence-electron chi connectivity index (χ0n) is 17.4. The minimum Gasteiger partial charge on any atom is -0.0842 e. The zero-order valence-corrected chi connectivity index (χ0v) is 20.6. The van der Waals surface area contributed by atoms with Crippen molar-refractivity contribution in [1.29, 1.82) is 0 Å². The first-order valence-electron chi connectivity index (χ1n) is 10.1. The molecule has 0 spiro atoms. The summed E-state index contributed by atoms with van der Waals surface area (Å²) in [5.74, 6) is 0. The average molecular weight is 498 g/mol. The third-order valence-corrected chi connectivity index (χ3v) is 8.34. The molecular weight excluding hydrogens is 472 g/mol. The van der Waals surface area contributed by atoms with E-state index in [0.29, 0.717) is 4.83 Å². The molecule has 0 heterocycles. The monoisotopic (exact) mass is 496 g/mol. The van der Waals surface area contributed by atoms with Crippen LogP contribution in [0.4, 0.5) is 0 Å². The highest BCUT2D eigenvalue weighted by atomic mass is 79.9. The fourth-order valence-corrected chi connectivity index (χ4v) is 7.13. The predicted molar refractivity (Wildman–Crippen MR) is 127 cm³/mol. The third kappa shape index (κ3) is 2.28. The number of rotatable bonds is 0. The molecule has 5 rings (SSSR count). The molecule has 0 nitrogen and oxygen atoms in total. The Hall–Kier alpha value is -1.12. The highest BCUT2D eigenvalue weighted by Crippen LogP contribution is 2.58. The highest BCUT2D eigenvalue weighted by Gasteiger charge is 2.44. The van der Waals surface area contributed by atoms with Crippen LogP contribution < -0.4 is 0 Å². The van der Waals surface area contributed by atoms with Crippen molar-refractivity contribution in [2.75, 3.05) is 0 Å². The topological polar surface area (TPSA) is 0 Å². The first-order chi connectivity index (χ1) is 13.0. The van der Waals surface area contributed by atoms with Crippen LogP contribution in [0.2, 0.25) is 0 Å². The van der Waals surface area contributed by atoms with Gasteiger partial charge in [-0.05, 0) is 94.6 Å². The van der Waals surface area contributed by atoms with E-state index in [9.17, 15) is 0 Å². The Bertz CT molecular complexity index is 1130. The maximum atomic E-state index is 3.86. The quantitative estimate of drug-likeness (QED) is 0.321. The maximum absolute atomic E-state index is 3.86. The minimum atomic E-state index is 0.0198. The normalized spacial score (nSPS) is 23.1. The Balaban J connectivity index is 1.83. The maximum Gasteiger partial charge on any atom is 0.0368 e. The predicted octanol–water partition coefficient (Wildman–Crippen LogP) is 8.22. The molecule has 1 unspecified atom stereocenters. The molecule has 0 aromatic heterocycles. The lowest BCUT2D eigenvalue weighted by molar-refractivity contribution is 0.608. The van der Waals surface area contributed by atoms with E-state index in [-0.39, 0.29) is 10.8 Å². The lowest BCUT2D eigenvalue weighted by Crippen LogP contribution is -2.20. The summed E-state index contributed by atoms with van der Waals surface area (Å²) in [6.07, 6.45) is 3.49. The molecule has 3 aliphatic carbocycles. The number of hydrogen-bond donors (Lipinski definition) is 0. The van der Waals surface area contributed by atoms with E-state index in [0.717, 1.165) is 6.42 Å². The average Bonchev–Trinajstić information content (AvgIpc) is 2.93. The van der Waals surface area contributed by atoms with Crippen molar-refractivity contribution in [1.82, 2.24) is 0 Å². The van der Waals surface area contributed by atoms with Crippen molar-refractivity contribution in [3.63, 3.8) is 0 Å². The van der Waals surface area contributed by atoms with Crippen molar-refractivity contribution in [2.45, 2.75) is 63.6 Å². The van der Waals surface area contributed by atoms with Gasteiger partial charge in [-0.25, -0.2) is 0 Å².